The average Bonchev–Trinajstić information content (AvgIpc) is 3.13. The maximum Gasteiger partial charge on any atom is 0.279 e. The SMILES string of the molecule is Cc1ccc(NS(=O)(=O)c2[nH]ncc2C(=O)NCc2ccccc2C)cc1. The number of carbonyl (C=O) groups excluding carboxylic acids is 1. The number of amides is 1. The number of rotatable bonds is 6. The Morgan fingerprint density at radius 3 is 2.48 bits per heavy atom. The van der Waals surface area contributed by atoms with Gasteiger partial charge in [-0.1, -0.05) is 42.0 Å². The molecule has 0 spiro atoms. The second kappa shape index (κ2) is 7.63. The van der Waals surface area contributed by atoms with Crippen LogP contribution in [0, 0.1) is 13.8 Å². The number of carbonyl (C=O) groups is 1. The predicted molar refractivity (Wildman–Crippen MR) is 103 cm³/mol. The lowest BCUT2D eigenvalue weighted by molar-refractivity contribution is 0.0947. The first kappa shape index (κ1) is 18.7. The van der Waals surface area contributed by atoms with Crippen LogP contribution in [0.1, 0.15) is 27.0 Å². The number of aryl methyl sites for hydroxylation is 2. The molecule has 0 unspecified atom stereocenters. The highest BCUT2D eigenvalue weighted by molar-refractivity contribution is 7.92. The third-order valence-corrected chi connectivity index (χ3v) is 5.48. The number of hydrogen-bond donors (Lipinski definition) is 3. The van der Waals surface area contributed by atoms with E-state index in [9.17, 15) is 13.2 Å². The van der Waals surface area contributed by atoms with Gasteiger partial charge >= 0.3 is 0 Å². The smallest absolute Gasteiger partial charge is 0.279 e. The Balaban J connectivity index is 1.77. The molecule has 3 aromatic rings. The van der Waals surface area contributed by atoms with Gasteiger partial charge in [0.1, 0.15) is 0 Å². The number of nitrogens with zero attached hydrogens (tertiary/aromatic N) is 1. The van der Waals surface area contributed by atoms with E-state index >= 15 is 0 Å². The van der Waals surface area contributed by atoms with Crippen molar-refractivity contribution in [1.82, 2.24) is 15.5 Å². The number of aromatic amines is 1. The highest BCUT2D eigenvalue weighted by Crippen LogP contribution is 2.18. The Hall–Kier alpha value is -3.13. The quantitative estimate of drug-likeness (QED) is 0.608. The molecule has 140 valence electrons. The highest BCUT2D eigenvalue weighted by atomic mass is 32.2. The van der Waals surface area contributed by atoms with Crippen LogP contribution in [0.3, 0.4) is 0 Å². The molecule has 0 aliphatic carbocycles. The molecule has 0 aliphatic heterocycles. The normalized spacial score (nSPS) is 11.2. The van der Waals surface area contributed by atoms with Gasteiger partial charge in [0.25, 0.3) is 15.9 Å². The van der Waals surface area contributed by atoms with E-state index in [4.69, 9.17) is 0 Å². The van der Waals surface area contributed by atoms with Crippen LogP contribution in [0.15, 0.2) is 59.8 Å². The van der Waals surface area contributed by atoms with E-state index in [1.54, 1.807) is 24.3 Å². The van der Waals surface area contributed by atoms with E-state index in [0.717, 1.165) is 16.7 Å². The van der Waals surface area contributed by atoms with Crippen LogP contribution in [0.2, 0.25) is 0 Å². The number of benzene rings is 2. The fourth-order valence-electron chi connectivity index (χ4n) is 2.55. The van der Waals surface area contributed by atoms with Crippen LogP contribution in [0.4, 0.5) is 5.69 Å². The first-order valence-electron chi connectivity index (χ1n) is 8.32. The van der Waals surface area contributed by atoms with Gasteiger partial charge in [-0.15, -0.1) is 0 Å². The number of nitrogens with one attached hydrogen (secondary N) is 3. The molecule has 0 radical (unpaired) electrons. The number of sulfonamides is 1. The molecular formula is C19H20N4O3S. The van der Waals surface area contributed by atoms with E-state index in [-0.39, 0.29) is 10.6 Å². The van der Waals surface area contributed by atoms with Crippen molar-refractivity contribution < 1.29 is 13.2 Å². The third kappa shape index (κ3) is 4.35. The topological polar surface area (TPSA) is 104 Å². The number of anilines is 1. The van der Waals surface area contributed by atoms with Gasteiger partial charge in [0.05, 0.1) is 11.8 Å². The molecule has 1 aromatic heterocycles. The summed E-state index contributed by atoms with van der Waals surface area (Å²) in [6, 6.07) is 14.5. The van der Waals surface area contributed by atoms with E-state index in [0.29, 0.717) is 12.2 Å². The molecule has 0 saturated heterocycles. The first-order valence-corrected chi connectivity index (χ1v) is 9.81. The zero-order chi connectivity index (χ0) is 19.4. The summed E-state index contributed by atoms with van der Waals surface area (Å²) >= 11 is 0. The Labute approximate surface area is 157 Å². The van der Waals surface area contributed by atoms with Crippen molar-refractivity contribution >= 4 is 21.6 Å². The van der Waals surface area contributed by atoms with Gasteiger partial charge in [-0.05, 0) is 37.1 Å². The molecule has 0 fully saturated rings. The minimum Gasteiger partial charge on any atom is -0.348 e. The zero-order valence-corrected chi connectivity index (χ0v) is 15.8. The molecule has 0 aliphatic rings. The van der Waals surface area contributed by atoms with Crippen molar-refractivity contribution in [3.8, 4) is 0 Å². The fourth-order valence-corrected chi connectivity index (χ4v) is 3.70. The lowest BCUT2D eigenvalue weighted by Crippen LogP contribution is -2.25. The Morgan fingerprint density at radius 2 is 1.78 bits per heavy atom. The summed E-state index contributed by atoms with van der Waals surface area (Å²) in [6.07, 6.45) is 1.21. The van der Waals surface area contributed by atoms with Crippen LogP contribution < -0.4 is 10.0 Å². The van der Waals surface area contributed by atoms with E-state index in [1.807, 2.05) is 38.1 Å². The molecule has 1 amide bonds. The third-order valence-electron chi connectivity index (χ3n) is 4.12. The maximum atomic E-state index is 12.6. The molecule has 0 bridgehead atoms. The second-order valence-electron chi connectivity index (χ2n) is 6.19. The van der Waals surface area contributed by atoms with Gasteiger partial charge in [-0.3, -0.25) is 14.6 Å². The van der Waals surface area contributed by atoms with Crippen LogP contribution in [0.5, 0.6) is 0 Å². The van der Waals surface area contributed by atoms with E-state index < -0.39 is 15.9 Å². The summed E-state index contributed by atoms with van der Waals surface area (Å²) in [5.74, 6) is -0.517. The van der Waals surface area contributed by atoms with Gasteiger partial charge in [0.2, 0.25) is 0 Å². The van der Waals surface area contributed by atoms with Crippen molar-refractivity contribution in [3.05, 3.63) is 77.0 Å². The molecule has 2 aromatic carbocycles. The van der Waals surface area contributed by atoms with Crippen molar-refractivity contribution in [2.75, 3.05) is 4.72 Å². The Bertz CT molecular complexity index is 1060. The molecule has 7 nitrogen and oxygen atoms in total. The molecule has 27 heavy (non-hydrogen) atoms. The number of aromatic nitrogens is 2. The van der Waals surface area contributed by atoms with Crippen molar-refractivity contribution in [2.24, 2.45) is 0 Å². The van der Waals surface area contributed by atoms with Gasteiger partial charge in [-0.25, -0.2) is 0 Å². The van der Waals surface area contributed by atoms with Crippen LogP contribution in [-0.2, 0) is 16.6 Å². The summed E-state index contributed by atoms with van der Waals surface area (Å²) in [7, 11) is -3.98. The van der Waals surface area contributed by atoms with Crippen LogP contribution >= 0.6 is 0 Å². The molecule has 3 rings (SSSR count). The average molecular weight is 384 g/mol. The largest absolute Gasteiger partial charge is 0.348 e. The monoisotopic (exact) mass is 384 g/mol. The summed E-state index contributed by atoms with van der Waals surface area (Å²) in [5.41, 5.74) is 3.37. The van der Waals surface area contributed by atoms with Crippen molar-refractivity contribution in [1.29, 1.82) is 0 Å². The van der Waals surface area contributed by atoms with Crippen LogP contribution in [-0.4, -0.2) is 24.5 Å². The first-order chi connectivity index (χ1) is 12.9. The highest BCUT2D eigenvalue weighted by Gasteiger charge is 2.25. The molecule has 0 atom stereocenters. The second-order valence-corrected chi connectivity index (χ2v) is 7.81. The minimum absolute atomic E-state index is 0.0387. The van der Waals surface area contributed by atoms with Gasteiger partial charge in [0.15, 0.2) is 5.03 Å². The van der Waals surface area contributed by atoms with Gasteiger partial charge in [0, 0.05) is 12.2 Å². The zero-order valence-electron chi connectivity index (χ0n) is 15.0. The molecule has 0 saturated carbocycles. The van der Waals surface area contributed by atoms with Crippen molar-refractivity contribution in [2.45, 2.75) is 25.4 Å². The van der Waals surface area contributed by atoms with E-state index in [2.05, 4.69) is 20.2 Å². The molecule has 3 N–H and O–H groups in total. The minimum atomic E-state index is -3.98. The summed E-state index contributed by atoms with van der Waals surface area (Å²) in [4.78, 5) is 12.5. The van der Waals surface area contributed by atoms with Gasteiger partial charge in [-0.2, -0.15) is 13.5 Å². The summed E-state index contributed by atoms with van der Waals surface area (Å²) in [5, 5.41) is 8.60. The molecule has 1 heterocycles. The predicted octanol–water partition coefficient (Wildman–Crippen LogP) is 2.76. The Kier molecular flexibility index (Phi) is 5.27. The van der Waals surface area contributed by atoms with E-state index in [1.165, 1.54) is 6.20 Å². The lowest BCUT2D eigenvalue weighted by Gasteiger charge is -2.10. The fraction of sp³-hybridized carbons (Fsp3) is 0.158. The van der Waals surface area contributed by atoms with Crippen molar-refractivity contribution in [3.63, 3.8) is 0 Å². The maximum absolute atomic E-state index is 12.6. The Morgan fingerprint density at radius 1 is 1.07 bits per heavy atom. The molecule has 8 heteroatoms. The van der Waals surface area contributed by atoms with Gasteiger partial charge < -0.3 is 5.32 Å². The standard InChI is InChI=1S/C19H20N4O3S/c1-13-7-9-16(10-8-13)23-27(25,26)19-17(12-21-22-19)18(24)20-11-15-6-4-3-5-14(15)2/h3-10,12,23H,11H2,1-2H3,(H,20,24)(H,21,22). The number of H-pyrrole nitrogens is 1. The summed E-state index contributed by atoms with van der Waals surface area (Å²) < 4.78 is 27.7. The molecular weight excluding hydrogens is 364 g/mol. The lowest BCUT2D eigenvalue weighted by atomic mass is 10.1. The summed E-state index contributed by atoms with van der Waals surface area (Å²) in [6.45, 7) is 4.15. The number of hydrogen-bond acceptors (Lipinski definition) is 4. The van der Waals surface area contributed by atoms with Crippen LogP contribution in [0.25, 0.3) is 0 Å².